The minimum atomic E-state index is -0.428. The van der Waals surface area contributed by atoms with Gasteiger partial charge in [0.1, 0.15) is 5.56 Å². The van der Waals surface area contributed by atoms with Crippen molar-refractivity contribution >= 4 is 39.0 Å². The average molecular weight is 402 g/mol. The molecule has 0 amide bonds. The molecule has 0 fully saturated rings. The quantitative estimate of drug-likeness (QED) is 0.347. The fourth-order valence-corrected chi connectivity index (χ4v) is 3.49. The number of ether oxygens (including phenoxy) is 3. The monoisotopic (exact) mass is 402 g/mol. The van der Waals surface area contributed by atoms with Gasteiger partial charge in [-0.1, -0.05) is 36.4 Å². The highest BCUT2D eigenvalue weighted by molar-refractivity contribution is 6.13. The fourth-order valence-electron chi connectivity index (χ4n) is 3.49. The van der Waals surface area contributed by atoms with E-state index >= 15 is 0 Å². The smallest absolute Gasteiger partial charge is 0.341 e. The van der Waals surface area contributed by atoms with Crippen LogP contribution in [0.4, 0.5) is 11.4 Å². The van der Waals surface area contributed by atoms with E-state index in [0.29, 0.717) is 22.7 Å². The summed E-state index contributed by atoms with van der Waals surface area (Å²) in [5.74, 6) is 0.784. The maximum atomic E-state index is 12.6. The van der Waals surface area contributed by atoms with Gasteiger partial charge in [-0.05, 0) is 24.4 Å². The molecule has 0 aliphatic heterocycles. The van der Waals surface area contributed by atoms with Crippen LogP contribution in [-0.4, -0.2) is 31.8 Å². The van der Waals surface area contributed by atoms with Gasteiger partial charge >= 0.3 is 5.97 Å². The third-order valence-corrected chi connectivity index (χ3v) is 4.91. The van der Waals surface area contributed by atoms with Gasteiger partial charge in [-0.25, -0.2) is 4.79 Å². The van der Waals surface area contributed by atoms with E-state index in [1.54, 1.807) is 27.3 Å². The zero-order valence-electron chi connectivity index (χ0n) is 17.1. The lowest BCUT2D eigenvalue weighted by Crippen LogP contribution is -2.09. The predicted octanol–water partition coefficient (Wildman–Crippen LogP) is 5.33. The van der Waals surface area contributed by atoms with Crippen LogP contribution in [0.3, 0.4) is 0 Å². The van der Waals surface area contributed by atoms with E-state index in [2.05, 4.69) is 10.3 Å². The first kappa shape index (κ1) is 19.5. The maximum Gasteiger partial charge on any atom is 0.341 e. The van der Waals surface area contributed by atoms with Crippen molar-refractivity contribution in [3.8, 4) is 11.5 Å². The van der Waals surface area contributed by atoms with Crippen LogP contribution in [0.5, 0.6) is 11.5 Å². The Morgan fingerprint density at radius 2 is 1.77 bits per heavy atom. The molecule has 30 heavy (non-hydrogen) atoms. The normalized spacial score (nSPS) is 10.8. The molecule has 1 N–H and O–H groups in total. The Morgan fingerprint density at radius 1 is 0.967 bits per heavy atom. The number of anilines is 2. The molecule has 152 valence electrons. The summed E-state index contributed by atoms with van der Waals surface area (Å²) >= 11 is 0. The molecule has 1 aromatic heterocycles. The molecule has 0 saturated heterocycles. The van der Waals surface area contributed by atoms with E-state index in [0.717, 1.165) is 27.4 Å². The molecule has 0 spiro atoms. The van der Waals surface area contributed by atoms with Crippen molar-refractivity contribution in [2.24, 2.45) is 0 Å². The number of fused-ring (bicyclic) bond motifs is 3. The van der Waals surface area contributed by atoms with Gasteiger partial charge in [0.15, 0.2) is 11.5 Å². The predicted molar refractivity (Wildman–Crippen MR) is 118 cm³/mol. The van der Waals surface area contributed by atoms with Crippen LogP contribution in [0, 0.1) is 0 Å². The van der Waals surface area contributed by atoms with Crippen molar-refractivity contribution in [3.63, 3.8) is 0 Å². The first-order chi connectivity index (χ1) is 14.7. The Labute approximate surface area is 174 Å². The first-order valence-electron chi connectivity index (χ1n) is 9.63. The third kappa shape index (κ3) is 3.48. The fraction of sp³-hybridized carbons (Fsp3) is 0.167. The summed E-state index contributed by atoms with van der Waals surface area (Å²) in [7, 11) is 3.17. The largest absolute Gasteiger partial charge is 0.493 e. The molecule has 0 bridgehead atoms. The molecule has 0 aliphatic rings. The van der Waals surface area contributed by atoms with E-state index in [4.69, 9.17) is 14.2 Å². The summed E-state index contributed by atoms with van der Waals surface area (Å²) in [5.41, 5.74) is 2.56. The number of esters is 1. The van der Waals surface area contributed by atoms with Crippen molar-refractivity contribution in [2.75, 3.05) is 26.1 Å². The Balaban J connectivity index is 1.91. The Morgan fingerprint density at radius 3 is 2.53 bits per heavy atom. The molecule has 0 radical (unpaired) electrons. The number of pyridine rings is 1. The van der Waals surface area contributed by atoms with Gasteiger partial charge in [0.2, 0.25) is 0 Å². The lowest BCUT2D eigenvalue weighted by Gasteiger charge is -2.16. The summed E-state index contributed by atoms with van der Waals surface area (Å²) in [6.45, 7) is 2.06. The molecule has 0 atom stereocenters. The highest BCUT2D eigenvalue weighted by Crippen LogP contribution is 2.36. The summed E-state index contributed by atoms with van der Waals surface area (Å²) < 4.78 is 16.0. The molecule has 6 nitrogen and oxygen atoms in total. The molecule has 0 unspecified atom stereocenters. The van der Waals surface area contributed by atoms with Gasteiger partial charge in [0, 0.05) is 28.7 Å². The number of benzene rings is 3. The minimum absolute atomic E-state index is 0.282. The zero-order valence-corrected chi connectivity index (χ0v) is 17.1. The molecule has 0 aliphatic carbocycles. The van der Waals surface area contributed by atoms with Crippen LogP contribution in [-0.2, 0) is 4.74 Å². The molecule has 6 heteroatoms. The maximum absolute atomic E-state index is 12.6. The summed E-state index contributed by atoms with van der Waals surface area (Å²) in [5, 5.41) is 6.29. The van der Waals surface area contributed by atoms with Crippen molar-refractivity contribution in [1.82, 2.24) is 4.98 Å². The second kappa shape index (κ2) is 8.29. The Bertz CT molecular complexity index is 1240. The second-order valence-corrected chi connectivity index (χ2v) is 6.64. The van der Waals surface area contributed by atoms with Crippen LogP contribution < -0.4 is 14.8 Å². The number of carbonyl (C=O) groups excluding carboxylic acids is 1. The van der Waals surface area contributed by atoms with Crippen molar-refractivity contribution in [3.05, 3.63) is 66.4 Å². The lowest BCUT2D eigenvalue weighted by molar-refractivity contribution is 0.0527. The highest BCUT2D eigenvalue weighted by Gasteiger charge is 2.18. The van der Waals surface area contributed by atoms with Gasteiger partial charge in [0.05, 0.1) is 32.0 Å². The molecular formula is C24H22N2O4. The van der Waals surface area contributed by atoms with Crippen LogP contribution in [0.1, 0.15) is 17.3 Å². The number of rotatable bonds is 6. The van der Waals surface area contributed by atoms with E-state index in [1.807, 2.05) is 54.6 Å². The Kier molecular flexibility index (Phi) is 5.39. The number of nitrogens with one attached hydrogen (secondary N) is 1. The first-order valence-corrected chi connectivity index (χ1v) is 9.63. The molecule has 3 aromatic carbocycles. The van der Waals surface area contributed by atoms with Gasteiger partial charge in [-0.2, -0.15) is 0 Å². The van der Waals surface area contributed by atoms with Crippen LogP contribution in [0.2, 0.25) is 0 Å². The number of hydrogen-bond acceptors (Lipinski definition) is 6. The summed E-state index contributed by atoms with van der Waals surface area (Å²) in [6, 6.07) is 17.5. The van der Waals surface area contributed by atoms with Crippen LogP contribution in [0.25, 0.3) is 21.7 Å². The van der Waals surface area contributed by atoms with Crippen LogP contribution >= 0.6 is 0 Å². The number of hydrogen-bond donors (Lipinski definition) is 1. The minimum Gasteiger partial charge on any atom is -0.493 e. The van der Waals surface area contributed by atoms with Crippen molar-refractivity contribution < 1.29 is 19.0 Å². The third-order valence-electron chi connectivity index (χ3n) is 4.91. The van der Waals surface area contributed by atoms with E-state index in [-0.39, 0.29) is 6.61 Å². The van der Waals surface area contributed by atoms with Gasteiger partial charge in [0.25, 0.3) is 0 Å². The molecule has 4 aromatic rings. The number of aromatic nitrogens is 1. The molecule has 0 saturated carbocycles. The van der Waals surface area contributed by atoms with Gasteiger partial charge in [-0.3, -0.25) is 4.98 Å². The topological polar surface area (TPSA) is 69.7 Å². The average Bonchev–Trinajstić information content (AvgIpc) is 2.79. The standard InChI is InChI=1S/C24H22N2O4/c1-4-30-24(27)19-14-25-22-17-8-6-5-7-15(17)9-11-18(22)23(19)26-16-10-12-20(28-2)21(13-16)29-3/h5-14H,4H2,1-3H3,(H,25,26). The van der Waals surface area contributed by atoms with Gasteiger partial charge in [-0.15, -0.1) is 0 Å². The number of nitrogens with zero attached hydrogens (tertiary/aromatic N) is 1. The number of methoxy groups -OCH3 is 2. The zero-order chi connectivity index (χ0) is 21.1. The molecule has 1 heterocycles. The summed E-state index contributed by atoms with van der Waals surface area (Å²) in [4.78, 5) is 17.2. The second-order valence-electron chi connectivity index (χ2n) is 6.64. The highest BCUT2D eigenvalue weighted by atomic mass is 16.5. The van der Waals surface area contributed by atoms with Gasteiger partial charge < -0.3 is 19.5 Å². The Hall–Kier alpha value is -3.80. The molecule has 4 rings (SSSR count). The van der Waals surface area contributed by atoms with Crippen molar-refractivity contribution in [2.45, 2.75) is 6.92 Å². The summed E-state index contributed by atoms with van der Waals surface area (Å²) in [6.07, 6.45) is 1.57. The number of carbonyl (C=O) groups is 1. The lowest BCUT2D eigenvalue weighted by atomic mass is 10.0. The van der Waals surface area contributed by atoms with E-state index in [9.17, 15) is 4.79 Å². The molecular weight excluding hydrogens is 380 g/mol. The van der Waals surface area contributed by atoms with Crippen molar-refractivity contribution in [1.29, 1.82) is 0 Å². The SMILES string of the molecule is CCOC(=O)c1cnc2c(ccc3ccccc32)c1Nc1ccc(OC)c(OC)c1. The van der Waals surface area contributed by atoms with E-state index in [1.165, 1.54) is 0 Å². The van der Waals surface area contributed by atoms with E-state index < -0.39 is 5.97 Å². The van der Waals surface area contributed by atoms with Crippen LogP contribution in [0.15, 0.2) is 60.8 Å².